The number of nitrogens with zero attached hydrogens (tertiary/aromatic N) is 1. The number of hydrogen-bond acceptors (Lipinski definition) is 7. The maximum absolute atomic E-state index is 12.3. The minimum absolute atomic E-state index is 0.0162. The van der Waals surface area contributed by atoms with Gasteiger partial charge in [-0.05, 0) is 48.5 Å². The monoisotopic (exact) mass is 426 g/mol. The van der Waals surface area contributed by atoms with Gasteiger partial charge < -0.3 is 24.4 Å². The largest absolute Gasteiger partial charge is 0.497 e. The zero-order chi connectivity index (χ0) is 22.4. The fourth-order valence-corrected chi connectivity index (χ4v) is 3.14. The summed E-state index contributed by atoms with van der Waals surface area (Å²) in [5.41, 5.74) is 1.46. The molecule has 3 rings (SSSR count). The van der Waals surface area contributed by atoms with Gasteiger partial charge in [-0.15, -0.1) is 0 Å². The summed E-state index contributed by atoms with van der Waals surface area (Å²) in [6, 6.07) is 13.0. The van der Waals surface area contributed by atoms with Crippen molar-refractivity contribution in [3.8, 4) is 5.75 Å². The summed E-state index contributed by atoms with van der Waals surface area (Å²) in [6.45, 7) is -0.321. The fourth-order valence-electron chi connectivity index (χ4n) is 3.14. The number of benzene rings is 2. The summed E-state index contributed by atoms with van der Waals surface area (Å²) < 4.78 is 14.8. The van der Waals surface area contributed by atoms with Gasteiger partial charge in [0.2, 0.25) is 5.91 Å². The molecule has 2 amide bonds. The number of esters is 2. The van der Waals surface area contributed by atoms with Gasteiger partial charge in [-0.1, -0.05) is 0 Å². The van der Waals surface area contributed by atoms with Gasteiger partial charge in [-0.2, -0.15) is 0 Å². The van der Waals surface area contributed by atoms with Gasteiger partial charge in [0.1, 0.15) is 5.75 Å². The molecule has 1 N–H and O–H groups in total. The quantitative estimate of drug-likeness (QED) is 0.674. The molecular weight excluding hydrogens is 404 g/mol. The standard InChI is InChI=1S/C22H22N2O7/c1-29-18-9-5-16(6-10-18)23-19(25)13-31-22(28)15-11-20(26)24(12-15)17-7-3-14(4-8-17)21(27)30-2/h3-10,15H,11-13H2,1-2H3,(H,23,25)/t15-/m0/s1. The van der Waals surface area contributed by atoms with Gasteiger partial charge in [0.05, 0.1) is 25.7 Å². The molecule has 0 radical (unpaired) electrons. The Labute approximate surface area is 178 Å². The highest BCUT2D eigenvalue weighted by atomic mass is 16.5. The van der Waals surface area contributed by atoms with E-state index in [9.17, 15) is 19.2 Å². The van der Waals surface area contributed by atoms with Crippen LogP contribution in [0.1, 0.15) is 16.8 Å². The predicted octanol–water partition coefficient (Wildman–Crippen LogP) is 2.02. The van der Waals surface area contributed by atoms with Crippen LogP contribution < -0.4 is 15.0 Å². The van der Waals surface area contributed by atoms with E-state index >= 15 is 0 Å². The molecule has 1 fully saturated rings. The molecule has 9 nitrogen and oxygen atoms in total. The van der Waals surface area contributed by atoms with Gasteiger partial charge in [-0.25, -0.2) is 4.79 Å². The van der Waals surface area contributed by atoms with E-state index in [0.717, 1.165) is 0 Å². The van der Waals surface area contributed by atoms with E-state index < -0.39 is 30.4 Å². The van der Waals surface area contributed by atoms with Crippen molar-refractivity contribution in [2.45, 2.75) is 6.42 Å². The van der Waals surface area contributed by atoms with E-state index in [4.69, 9.17) is 9.47 Å². The molecule has 1 heterocycles. The highest BCUT2D eigenvalue weighted by Gasteiger charge is 2.36. The van der Waals surface area contributed by atoms with Crippen LogP contribution in [0.25, 0.3) is 0 Å². The average Bonchev–Trinajstić information content (AvgIpc) is 3.19. The Hall–Kier alpha value is -3.88. The van der Waals surface area contributed by atoms with Crippen LogP contribution in [0, 0.1) is 5.92 Å². The minimum atomic E-state index is -0.679. The topological polar surface area (TPSA) is 111 Å². The summed E-state index contributed by atoms with van der Waals surface area (Å²) in [6.07, 6.45) is -0.0162. The van der Waals surface area contributed by atoms with Gasteiger partial charge in [-0.3, -0.25) is 14.4 Å². The molecule has 162 valence electrons. The van der Waals surface area contributed by atoms with E-state index in [1.807, 2.05) is 0 Å². The van der Waals surface area contributed by atoms with Crippen molar-refractivity contribution >= 4 is 35.1 Å². The Morgan fingerprint density at radius 1 is 1.03 bits per heavy atom. The number of carbonyl (C=O) groups is 4. The van der Waals surface area contributed by atoms with Gasteiger partial charge in [0.25, 0.3) is 5.91 Å². The summed E-state index contributed by atoms with van der Waals surface area (Å²) in [5.74, 6) is -1.85. The van der Waals surface area contributed by atoms with Gasteiger partial charge in [0, 0.05) is 24.3 Å². The number of carbonyl (C=O) groups excluding carboxylic acids is 4. The number of anilines is 2. The molecule has 2 aromatic rings. The Morgan fingerprint density at radius 2 is 1.71 bits per heavy atom. The average molecular weight is 426 g/mol. The van der Waals surface area contributed by atoms with Gasteiger partial charge in [0.15, 0.2) is 6.61 Å². The van der Waals surface area contributed by atoms with Crippen LogP contribution in [0.2, 0.25) is 0 Å². The Kier molecular flexibility index (Phi) is 6.86. The Morgan fingerprint density at radius 3 is 2.32 bits per heavy atom. The van der Waals surface area contributed by atoms with Crippen LogP contribution in [0.15, 0.2) is 48.5 Å². The highest BCUT2D eigenvalue weighted by molar-refractivity contribution is 6.00. The molecule has 1 aliphatic heterocycles. The number of methoxy groups -OCH3 is 2. The Balaban J connectivity index is 1.51. The third-order valence-corrected chi connectivity index (χ3v) is 4.78. The number of nitrogens with one attached hydrogen (secondary N) is 1. The molecule has 1 saturated heterocycles. The second-order valence-corrected chi connectivity index (χ2v) is 6.83. The second kappa shape index (κ2) is 9.75. The lowest BCUT2D eigenvalue weighted by Gasteiger charge is -2.16. The molecular formula is C22H22N2O7. The van der Waals surface area contributed by atoms with Crippen molar-refractivity contribution < 1.29 is 33.4 Å². The van der Waals surface area contributed by atoms with Crippen LogP contribution in [0.4, 0.5) is 11.4 Å². The van der Waals surface area contributed by atoms with Crippen molar-refractivity contribution in [1.29, 1.82) is 0 Å². The SMILES string of the molecule is COC(=O)c1ccc(N2C[C@@H](C(=O)OCC(=O)Nc3ccc(OC)cc3)CC2=O)cc1. The van der Waals surface area contributed by atoms with E-state index in [1.165, 1.54) is 12.0 Å². The van der Waals surface area contributed by atoms with Crippen molar-refractivity contribution in [1.82, 2.24) is 0 Å². The first-order valence-electron chi connectivity index (χ1n) is 9.50. The molecule has 0 aliphatic carbocycles. The van der Waals surface area contributed by atoms with E-state index in [1.54, 1.807) is 55.6 Å². The van der Waals surface area contributed by atoms with E-state index in [-0.39, 0.29) is 18.9 Å². The van der Waals surface area contributed by atoms with Crippen molar-refractivity contribution in [2.24, 2.45) is 5.92 Å². The third kappa shape index (κ3) is 5.39. The van der Waals surface area contributed by atoms with Crippen LogP contribution in [0.3, 0.4) is 0 Å². The van der Waals surface area contributed by atoms with Crippen molar-refractivity contribution in [3.05, 3.63) is 54.1 Å². The lowest BCUT2D eigenvalue weighted by molar-refractivity contribution is -0.151. The molecule has 0 saturated carbocycles. The first kappa shape index (κ1) is 21.8. The minimum Gasteiger partial charge on any atom is -0.497 e. The zero-order valence-corrected chi connectivity index (χ0v) is 17.1. The molecule has 0 bridgehead atoms. The summed E-state index contributed by atoms with van der Waals surface area (Å²) in [5, 5.41) is 2.61. The lowest BCUT2D eigenvalue weighted by atomic mass is 10.1. The Bertz CT molecular complexity index is 970. The highest BCUT2D eigenvalue weighted by Crippen LogP contribution is 2.26. The molecule has 0 unspecified atom stereocenters. The summed E-state index contributed by atoms with van der Waals surface area (Å²) >= 11 is 0. The lowest BCUT2D eigenvalue weighted by Crippen LogP contribution is -2.28. The van der Waals surface area contributed by atoms with Gasteiger partial charge >= 0.3 is 11.9 Å². The van der Waals surface area contributed by atoms with E-state index in [0.29, 0.717) is 22.7 Å². The number of hydrogen-bond donors (Lipinski definition) is 1. The number of amides is 2. The maximum Gasteiger partial charge on any atom is 0.337 e. The molecule has 2 aromatic carbocycles. The van der Waals surface area contributed by atoms with Crippen molar-refractivity contribution in [3.63, 3.8) is 0 Å². The number of rotatable bonds is 7. The van der Waals surface area contributed by atoms with Crippen LogP contribution >= 0.6 is 0 Å². The third-order valence-electron chi connectivity index (χ3n) is 4.78. The van der Waals surface area contributed by atoms with Crippen LogP contribution in [-0.4, -0.2) is 51.1 Å². The number of ether oxygens (including phenoxy) is 3. The van der Waals surface area contributed by atoms with Crippen LogP contribution in [-0.2, 0) is 23.9 Å². The molecule has 0 spiro atoms. The first-order chi connectivity index (χ1) is 14.9. The normalized spacial score (nSPS) is 15.4. The second-order valence-electron chi connectivity index (χ2n) is 6.83. The van der Waals surface area contributed by atoms with E-state index in [2.05, 4.69) is 10.1 Å². The van der Waals surface area contributed by atoms with Crippen LogP contribution in [0.5, 0.6) is 5.75 Å². The summed E-state index contributed by atoms with van der Waals surface area (Å²) in [4.78, 5) is 49.6. The summed E-state index contributed by atoms with van der Waals surface area (Å²) in [7, 11) is 2.83. The molecule has 0 aromatic heterocycles. The zero-order valence-electron chi connectivity index (χ0n) is 17.1. The molecule has 1 atom stereocenters. The maximum atomic E-state index is 12.3. The van der Waals surface area contributed by atoms with Crippen molar-refractivity contribution in [2.75, 3.05) is 37.6 Å². The smallest absolute Gasteiger partial charge is 0.337 e. The fraction of sp³-hybridized carbons (Fsp3) is 0.273. The molecule has 9 heteroatoms. The molecule has 1 aliphatic rings. The first-order valence-corrected chi connectivity index (χ1v) is 9.50. The molecule has 31 heavy (non-hydrogen) atoms. The predicted molar refractivity (Wildman–Crippen MR) is 111 cm³/mol.